The number of amides is 1. The molecule has 22 heavy (non-hydrogen) atoms. The molecule has 3 aromatic rings. The molecule has 3 rings (SSSR count). The number of imidazole rings is 1. The number of nitrogens with zero attached hydrogens (tertiary/aromatic N) is 2. The number of aliphatic hydroxyl groups is 1. The maximum atomic E-state index is 12.1. The topological polar surface area (TPSA) is 66.6 Å². The molecule has 0 spiro atoms. The Morgan fingerprint density at radius 3 is 2.77 bits per heavy atom. The van der Waals surface area contributed by atoms with Crippen LogP contribution in [0.2, 0.25) is 0 Å². The Kier molecular flexibility index (Phi) is 3.96. The summed E-state index contributed by atoms with van der Waals surface area (Å²) in [6.07, 6.45) is 1.39. The minimum Gasteiger partial charge on any atom is -0.392 e. The second kappa shape index (κ2) is 5.90. The van der Waals surface area contributed by atoms with E-state index in [2.05, 4.69) is 10.3 Å². The van der Waals surface area contributed by atoms with Crippen LogP contribution in [-0.2, 0) is 0 Å². The van der Waals surface area contributed by atoms with Gasteiger partial charge in [-0.15, -0.1) is 0 Å². The first kappa shape index (κ1) is 14.7. The summed E-state index contributed by atoms with van der Waals surface area (Å²) < 4.78 is 1.93. The third-order valence-electron chi connectivity index (χ3n) is 3.39. The summed E-state index contributed by atoms with van der Waals surface area (Å²) in [4.78, 5) is 18.2. The molecule has 0 radical (unpaired) electrons. The van der Waals surface area contributed by atoms with Crippen LogP contribution in [-0.4, -0.2) is 33.0 Å². The number of aryl methyl sites for hydroxylation is 1. The molecule has 114 valence electrons. The fourth-order valence-electron chi connectivity index (χ4n) is 2.23. The lowest BCUT2D eigenvalue weighted by molar-refractivity contribution is 0.0927. The first-order valence-corrected chi connectivity index (χ1v) is 7.88. The third kappa shape index (κ3) is 2.75. The number of nitrogens with one attached hydrogen (secondary N) is 1. The van der Waals surface area contributed by atoms with Crippen molar-refractivity contribution in [3.63, 3.8) is 0 Å². The minimum atomic E-state index is -0.557. The molecule has 0 aliphatic carbocycles. The van der Waals surface area contributed by atoms with Crippen LogP contribution in [0.5, 0.6) is 0 Å². The van der Waals surface area contributed by atoms with E-state index in [0.717, 1.165) is 21.9 Å². The fourth-order valence-corrected chi connectivity index (χ4v) is 3.25. The average Bonchev–Trinajstić information content (AvgIpc) is 3.06. The fraction of sp³-hybridized carbons (Fsp3) is 0.250. The van der Waals surface area contributed by atoms with Crippen molar-refractivity contribution in [1.29, 1.82) is 0 Å². The number of hydrogen-bond acceptors (Lipinski definition) is 4. The standard InChI is InChI=1S/C16H17N3O2S/c1-10(20)8-17-15(21)14-11(2)19-9-13(18-16(19)22-14)12-6-4-3-5-7-12/h3-7,9-10,20H,8H2,1-2H3,(H,17,21). The first-order chi connectivity index (χ1) is 10.6. The number of fused-ring (bicyclic) bond motifs is 1. The van der Waals surface area contributed by atoms with Gasteiger partial charge < -0.3 is 10.4 Å². The van der Waals surface area contributed by atoms with E-state index >= 15 is 0 Å². The number of carbonyl (C=O) groups excluding carboxylic acids is 1. The van der Waals surface area contributed by atoms with Gasteiger partial charge in [0, 0.05) is 24.0 Å². The Morgan fingerprint density at radius 1 is 1.41 bits per heavy atom. The average molecular weight is 315 g/mol. The lowest BCUT2D eigenvalue weighted by Crippen LogP contribution is -2.30. The molecule has 0 aliphatic rings. The molecule has 2 heterocycles. The second-order valence-corrected chi connectivity index (χ2v) is 6.20. The molecule has 0 saturated heterocycles. The normalized spacial score (nSPS) is 12.5. The van der Waals surface area contributed by atoms with Gasteiger partial charge in [0.25, 0.3) is 5.91 Å². The lowest BCUT2D eigenvalue weighted by atomic mass is 10.2. The van der Waals surface area contributed by atoms with Crippen LogP contribution in [0.1, 0.15) is 22.3 Å². The summed E-state index contributed by atoms with van der Waals surface area (Å²) in [6, 6.07) is 9.95. The van der Waals surface area contributed by atoms with Gasteiger partial charge in [-0.3, -0.25) is 9.20 Å². The molecular weight excluding hydrogens is 298 g/mol. The summed E-state index contributed by atoms with van der Waals surface area (Å²) in [5.41, 5.74) is 2.81. The zero-order valence-electron chi connectivity index (χ0n) is 12.4. The zero-order valence-corrected chi connectivity index (χ0v) is 13.2. The van der Waals surface area contributed by atoms with Crippen LogP contribution in [0.4, 0.5) is 0 Å². The van der Waals surface area contributed by atoms with Crippen molar-refractivity contribution in [2.45, 2.75) is 20.0 Å². The highest BCUT2D eigenvalue weighted by Gasteiger charge is 2.18. The number of thiazole rings is 1. The number of rotatable bonds is 4. The predicted octanol–water partition coefficient (Wildman–Crippen LogP) is 2.48. The number of carbonyl (C=O) groups is 1. The molecule has 2 N–H and O–H groups in total. The van der Waals surface area contributed by atoms with Gasteiger partial charge in [-0.1, -0.05) is 41.7 Å². The zero-order chi connectivity index (χ0) is 15.7. The summed E-state index contributed by atoms with van der Waals surface area (Å²) in [6.45, 7) is 3.78. The maximum absolute atomic E-state index is 12.1. The molecule has 2 aromatic heterocycles. The van der Waals surface area contributed by atoms with E-state index in [0.29, 0.717) is 4.88 Å². The number of aliphatic hydroxyl groups excluding tert-OH is 1. The van der Waals surface area contributed by atoms with E-state index in [4.69, 9.17) is 0 Å². The molecule has 0 saturated carbocycles. The monoisotopic (exact) mass is 315 g/mol. The number of hydrogen-bond donors (Lipinski definition) is 2. The Bertz CT molecular complexity index is 806. The quantitative estimate of drug-likeness (QED) is 0.777. The molecule has 5 nitrogen and oxygen atoms in total. The summed E-state index contributed by atoms with van der Waals surface area (Å²) in [7, 11) is 0. The molecule has 1 atom stereocenters. The van der Waals surface area contributed by atoms with Crippen LogP contribution in [0.15, 0.2) is 36.5 Å². The Balaban J connectivity index is 1.92. The highest BCUT2D eigenvalue weighted by Crippen LogP contribution is 2.26. The van der Waals surface area contributed by atoms with E-state index in [-0.39, 0.29) is 12.5 Å². The van der Waals surface area contributed by atoms with Crippen molar-refractivity contribution in [3.05, 3.63) is 47.1 Å². The van der Waals surface area contributed by atoms with Crippen molar-refractivity contribution < 1.29 is 9.90 Å². The van der Waals surface area contributed by atoms with Gasteiger partial charge >= 0.3 is 0 Å². The second-order valence-electron chi connectivity index (χ2n) is 5.22. The van der Waals surface area contributed by atoms with Gasteiger partial charge in [-0.25, -0.2) is 4.98 Å². The third-order valence-corrected chi connectivity index (χ3v) is 4.55. The summed E-state index contributed by atoms with van der Waals surface area (Å²) >= 11 is 1.36. The van der Waals surface area contributed by atoms with Gasteiger partial charge in [-0.05, 0) is 13.8 Å². The highest BCUT2D eigenvalue weighted by molar-refractivity contribution is 7.19. The van der Waals surface area contributed by atoms with E-state index < -0.39 is 6.10 Å². The smallest absolute Gasteiger partial charge is 0.263 e. The van der Waals surface area contributed by atoms with Crippen LogP contribution >= 0.6 is 11.3 Å². The number of aromatic nitrogens is 2. The SMILES string of the molecule is Cc1c(C(=O)NCC(C)O)sc2nc(-c3ccccc3)cn12. The molecular formula is C16H17N3O2S. The maximum Gasteiger partial charge on any atom is 0.263 e. The molecule has 0 fully saturated rings. The van der Waals surface area contributed by atoms with E-state index in [1.54, 1.807) is 6.92 Å². The van der Waals surface area contributed by atoms with Crippen LogP contribution in [0.25, 0.3) is 16.2 Å². The summed E-state index contributed by atoms with van der Waals surface area (Å²) in [5.74, 6) is -0.171. The van der Waals surface area contributed by atoms with Crippen molar-refractivity contribution in [2.75, 3.05) is 6.54 Å². The van der Waals surface area contributed by atoms with Crippen LogP contribution in [0.3, 0.4) is 0 Å². The van der Waals surface area contributed by atoms with Crippen molar-refractivity contribution in [3.8, 4) is 11.3 Å². The van der Waals surface area contributed by atoms with Gasteiger partial charge in [0.05, 0.1) is 11.8 Å². The van der Waals surface area contributed by atoms with Crippen molar-refractivity contribution in [2.24, 2.45) is 0 Å². The Morgan fingerprint density at radius 2 is 2.14 bits per heavy atom. The van der Waals surface area contributed by atoms with Crippen molar-refractivity contribution in [1.82, 2.24) is 14.7 Å². The van der Waals surface area contributed by atoms with E-state index in [1.807, 2.05) is 47.9 Å². The van der Waals surface area contributed by atoms with E-state index in [9.17, 15) is 9.90 Å². The Labute approximate surface area is 132 Å². The van der Waals surface area contributed by atoms with Crippen LogP contribution in [0, 0.1) is 6.92 Å². The van der Waals surface area contributed by atoms with Gasteiger partial charge in [0.2, 0.25) is 0 Å². The van der Waals surface area contributed by atoms with E-state index in [1.165, 1.54) is 11.3 Å². The van der Waals surface area contributed by atoms with Gasteiger partial charge in [0.15, 0.2) is 4.96 Å². The predicted molar refractivity (Wildman–Crippen MR) is 87.3 cm³/mol. The highest BCUT2D eigenvalue weighted by atomic mass is 32.1. The Hall–Kier alpha value is -2.18. The molecule has 0 aliphatic heterocycles. The molecule has 1 amide bonds. The largest absolute Gasteiger partial charge is 0.392 e. The van der Waals surface area contributed by atoms with Crippen LogP contribution < -0.4 is 5.32 Å². The number of benzene rings is 1. The summed E-state index contributed by atoms with van der Waals surface area (Å²) in [5, 5.41) is 12.0. The van der Waals surface area contributed by atoms with Gasteiger partial charge in [-0.2, -0.15) is 0 Å². The molecule has 1 aromatic carbocycles. The lowest BCUT2D eigenvalue weighted by Gasteiger charge is -2.06. The van der Waals surface area contributed by atoms with Crippen molar-refractivity contribution >= 4 is 22.2 Å². The molecule has 0 bridgehead atoms. The van der Waals surface area contributed by atoms with Gasteiger partial charge in [0.1, 0.15) is 4.88 Å². The molecule has 6 heteroatoms. The minimum absolute atomic E-state index is 0.171. The first-order valence-electron chi connectivity index (χ1n) is 7.06. The molecule has 1 unspecified atom stereocenters.